The van der Waals surface area contributed by atoms with Crippen LogP contribution in [-0.2, 0) is 4.74 Å². The Balaban J connectivity index is 1.79. The van der Waals surface area contributed by atoms with E-state index in [1.165, 1.54) is 12.1 Å². The van der Waals surface area contributed by atoms with Gasteiger partial charge in [0.25, 0.3) is 0 Å². The normalized spacial score (nSPS) is 19.6. The summed E-state index contributed by atoms with van der Waals surface area (Å²) in [6, 6.07) is 11.5. The zero-order chi connectivity index (χ0) is 24.6. The van der Waals surface area contributed by atoms with Crippen molar-refractivity contribution in [3.8, 4) is 17.2 Å². The lowest BCUT2D eigenvalue weighted by molar-refractivity contribution is -0.275. The van der Waals surface area contributed by atoms with E-state index in [1.807, 2.05) is 46.8 Å². The van der Waals surface area contributed by atoms with E-state index in [9.17, 15) is 18.3 Å². The minimum atomic E-state index is -4.79. The number of ether oxygens (including phenoxy) is 4. The molecule has 0 bridgehead atoms. The van der Waals surface area contributed by atoms with Crippen molar-refractivity contribution in [1.82, 2.24) is 0 Å². The molecule has 2 aromatic rings. The molecule has 0 saturated carbocycles. The highest BCUT2D eigenvalue weighted by Crippen LogP contribution is 2.49. The van der Waals surface area contributed by atoms with Gasteiger partial charge in [-0.15, -0.1) is 13.2 Å². The molecule has 3 unspecified atom stereocenters. The SMILES string of the molecule is CC(O)OC(C)(C)CC(C)(C)Oc1ccc2c(c1)OC(c1ccccc1OC(F)(F)F)C2C. The Labute approximate surface area is 192 Å². The molecule has 1 aliphatic rings. The van der Waals surface area contributed by atoms with Crippen LogP contribution in [0.3, 0.4) is 0 Å². The molecule has 0 aliphatic carbocycles. The predicted octanol–water partition coefficient (Wildman–Crippen LogP) is 6.50. The van der Waals surface area contributed by atoms with Crippen LogP contribution in [0.25, 0.3) is 0 Å². The molecular formula is C25H31F3O5. The first-order chi connectivity index (χ1) is 15.2. The van der Waals surface area contributed by atoms with Gasteiger partial charge in [0.2, 0.25) is 0 Å². The van der Waals surface area contributed by atoms with Crippen LogP contribution in [0.4, 0.5) is 13.2 Å². The topological polar surface area (TPSA) is 57.2 Å². The van der Waals surface area contributed by atoms with Crippen molar-refractivity contribution in [3.05, 3.63) is 53.6 Å². The summed E-state index contributed by atoms with van der Waals surface area (Å²) in [5, 5.41) is 9.56. The molecule has 1 aliphatic heterocycles. The number of para-hydroxylation sites is 1. The third-order valence-electron chi connectivity index (χ3n) is 5.37. The average molecular weight is 469 g/mol. The third kappa shape index (κ3) is 6.54. The fourth-order valence-electron chi connectivity index (χ4n) is 4.61. The van der Waals surface area contributed by atoms with Crippen LogP contribution >= 0.6 is 0 Å². The minimum absolute atomic E-state index is 0.182. The van der Waals surface area contributed by atoms with Crippen molar-refractivity contribution >= 4 is 0 Å². The second-order valence-electron chi connectivity index (χ2n) is 9.63. The fourth-order valence-corrected chi connectivity index (χ4v) is 4.61. The molecule has 1 heterocycles. The van der Waals surface area contributed by atoms with Gasteiger partial charge in [-0.3, -0.25) is 0 Å². The van der Waals surface area contributed by atoms with Crippen molar-refractivity contribution < 1.29 is 37.2 Å². The summed E-state index contributed by atoms with van der Waals surface area (Å²) >= 11 is 0. The molecule has 0 spiro atoms. The van der Waals surface area contributed by atoms with E-state index in [-0.39, 0.29) is 11.7 Å². The molecule has 3 atom stereocenters. The summed E-state index contributed by atoms with van der Waals surface area (Å²) in [5.41, 5.74) is -0.0288. The third-order valence-corrected chi connectivity index (χ3v) is 5.37. The summed E-state index contributed by atoms with van der Waals surface area (Å²) < 4.78 is 60.7. The Morgan fingerprint density at radius 2 is 1.64 bits per heavy atom. The van der Waals surface area contributed by atoms with Crippen LogP contribution in [0.15, 0.2) is 42.5 Å². The molecule has 33 heavy (non-hydrogen) atoms. The second-order valence-corrected chi connectivity index (χ2v) is 9.63. The van der Waals surface area contributed by atoms with E-state index in [0.717, 1.165) is 5.56 Å². The molecule has 8 heteroatoms. The van der Waals surface area contributed by atoms with Crippen LogP contribution in [0.1, 0.15) is 71.1 Å². The number of hydrogen-bond acceptors (Lipinski definition) is 5. The molecule has 0 saturated heterocycles. The molecule has 1 N–H and O–H groups in total. The minimum Gasteiger partial charge on any atom is -0.488 e. The zero-order valence-corrected chi connectivity index (χ0v) is 19.7. The van der Waals surface area contributed by atoms with Gasteiger partial charge in [0.05, 0.1) is 5.60 Å². The Morgan fingerprint density at radius 3 is 2.27 bits per heavy atom. The van der Waals surface area contributed by atoms with Crippen LogP contribution in [0.5, 0.6) is 17.2 Å². The Bertz CT molecular complexity index is 969. The highest BCUT2D eigenvalue weighted by atomic mass is 19.4. The first-order valence-electron chi connectivity index (χ1n) is 10.9. The molecule has 0 amide bonds. The molecule has 0 aromatic heterocycles. The first kappa shape index (κ1) is 25.2. The monoisotopic (exact) mass is 468 g/mol. The summed E-state index contributed by atoms with van der Waals surface area (Å²) in [7, 11) is 0. The first-order valence-corrected chi connectivity index (χ1v) is 10.9. The molecule has 3 rings (SSSR count). The molecule has 2 aromatic carbocycles. The Hall–Kier alpha value is -2.45. The summed E-state index contributed by atoms with van der Waals surface area (Å²) in [4.78, 5) is 0. The smallest absolute Gasteiger partial charge is 0.488 e. The van der Waals surface area contributed by atoms with Gasteiger partial charge in [-0.2, -0.15) is 0 Å². The maximum atomic E-state index is 12.9. The van der Waals surface area contributed by atoms with Crippen molar-refractivity contribution in [2.75, 3.05) is 0 Å². The van der Waals surface area contributed by atoms with Crippen molar-refractivity contribution in [1.29, 1.82) is 0 Å². The predicted molar refractivity (Wildman–Crippen MR) is 118 cm³/mol. The molecule has 182 valence electrons. The number of alkyl halides is 3. The van der Waals surface area contributed by atoms with E-state index in [2.05, 4.69) is 4.74 Å². The van der Waals surface area contributed by atoms with E-state index < -0.39 is 30.0 Å². The lowest BCUT2D eigenvalue weighted by Gasteiger charge is -2.36. The van der Waals surface area contributed by atoms with Gasteiger partial charge in [0.15, 0.2) is 6.29 Å². The van der Waals surface area contributed by atoms with Crippen LogP contribution in [0, 0.1) is 0 Å². The van der Waals surface area contributed by atoms with E-state index >= 15 is 0 Å². The Kier molecular flexibility index (Phi) is 6.92. The van der Waals surface area contributed by atoms with E-state index in [0.29, 0.717) is 23.5 Å². The van der Waals surface area contributed by atoms with Crippen molar-refractivity contribution in [2.45, 2.75) is 83.8 Å². The zero-order valence-electron chi connectivity index (χ0n) is 19.7. The van der Waals surface area contributed by atoms with Crippen molar-refractivity contribution in [2.24, 2.45) is 0 Å². The second kappa shape index (κ2) is 9.06. The van der Waals surface area contributed by atoms with Gasteiger partial charge >= 0.3 is 6.36 Å². The molecule has 0 fully saturated rings. The number of halogens is 3. The molecule has 5 nitrogen and oxygen atoms in total. The average Bonchev–Trinajstić information content (AvgIpc) is 2.94. The van der Waals surface area contributed by atoms with Gasteiger partial charge in [0, 0.05) is 29.5 Å². The fraction of sp³-hybridized carbons (Fsp3) is 0.520. The van der Waals surface area contributed by atoms with Gasteiger partial charge in [-0.1, -0.05) is 31.2 Å². The number of aliphatic hydroxyl groups excluding tert-OH is 1. The summed E-state index contributed by atoms with van der Waals surface area (Å²) in [5.74, 6) is 0.674. The highest BCUT2D eigenvalue weighted by Gasteiger charge is 2.38. The number of aliphatic hydroxyl groups is 1. The maximum Gasteiger partial charge on any atom is 0.573 e. The largest absolute Gasteiger partial charge is 0.573 e. The number of fused-ring (bicyclic) bond motifs is 1. The van der Waals surface area contributed by atoms with Gasteiger partial charge in [0.1, 0.15) is 29.0 Å². The van der Waals surface area contributed by atoms with Gasteiger partial charge in [-0.25, -0.2) is 0 Å². The van der Waals surface area contributed by atoms with Crippen LogP contribution < -0.4 is 14.2 Å². The van der Waals surface area contributed by atoms with Crippen LogP contribution in [-0.4, -0.2) is 29.0 Å². The lowest BCUT2D eigenvalue weighted by Crippen LogP contribution is -2.41. The Morgan fingerprint density at radius 1 is 0.970 bits per heavy atom. The van der Waals surface area contributed by atoms with Gasteiger partial charge < -0.3 is 24.1 Å². The quantitative estimate of drug-likeness (QED) is 0.448. The standard InChI is InChI=1S/C25H31F3O5/c1-15-18-12-11-17(32-24(5,6)14-23(3,4)31-16(2)29)13-21(18)30-22(15)19-9-7-8-10-20(19)33-25(26,27)28/h7-13,15-16,22,29H,14H2,1-6H3. The van der Waals surface area contributed by atoms with Crippen molar-refractivity contribution in [3.63, 3.8) is 0 Å². The van der Waals surface area contributed by atoms with E-state index in [1.54, 1.807) is 25.1 Å². The molecular weight excluding hydrogens is 437 g/mol. The summed E-state index contributed by atoms with van der Waals surface area (Å²) in [6.07, 6.45) is -5.81. The number of hydrogen-bond donors (Lipinski definition) is 1. The highest BCUT2D eigenvalue weighted by molar-refractivity contribution is 5.49. The number of benzene rings is 2. The van der Waals surface area contributed by atoms with Gasteiger partial charge in [-0.05, 0) is 46.8 Å². The van der Waals surface area contributed by atoms with E-state index in [4.69, 9.17) is 14.2 Å². The maximum absolute atomic E-state index is 12.9. The lowest BCUT2D eigenvalue weighted by atomic mass is 9.91. The van der Waals surface area contributed by atoms with Crippen LogP contribution in [0.2, 0.25) is 0 Å². The summed E-state index contributed by atoms with van der Waals surface area (Å²) in [6.45, 7) is 11.1. The number of rotatable bonds is 8. The molecule has 0 radical (unpaired) electrons.